The zero-order valence-corrected chi connectivity index (χ0v) is 15.7. The van der Waals surface area contributed by atoms with E-state index in [0.29, 0.717) is 18.7 Å². The lowest BCUT2D eigenvalue weighted by molar-refractivity contribution is -0.123. The van der Waals surface area contributed by atoms with Crippen molar-refractivity contribution in [2.75, 3.05) is 18.1 Å². The van der Waals surface area contributed by atoms with Crippen molar-refractivity contribution in [1.82, 2.24) is 5.32 Å². The molecule has 1 fully saturated rings. The van der Waals surface area contributed by atoms with Crippen molar-refractivity contribution in [2.24, 2.45) is 0 Å². The van der Waals surface area contributed by atoms with Crippen LogP contribution in [0.3, 0.4) is 0 Å². The third-order valence-corrected chi connectivity index (χ3v) is 4.93. The van der Waals surface area contributed by atoms with Crippen LogP contribution in [0.4, 0.5) is 5.69 Å². The molecule has 1 atom stereocenters. The maximum atomic E-state index is 12.3. The molecule has 0 aromatic heterocycles. The molecule has 0 radical (unpaired) electrons. The lowest BCUT2D eigenvalue weighted by atomic mass is 10.1. The summed E-state index contributed by atoms with van der Waals surface area (Å²) >= 11 is 0. The SMILES string of the molecule is Cc1ccc(N2C[C@@H](NC(=O)COc3ccc4ccccc4c3)CC2=O)cc1. The third kappa shape index (κ3) is 3.98. The fraction of sp³-hybridized carbons (Fsp3) is 0.217. The highest BCUT2D eigenvalue weighted by atomic mass is 16.5. The Morgan fingerprint density at radius 3 is 2.61 bits per heavy atom. The first-order valence-corrected chi connectivity index (χ1v) is 9.36. The Balaban J connectivity index is 1.32. The molecule has 0 unspecified atom stereocenters. The average Bonchev–Trinajstić information content (AvgIpc) is 3.06. The van der Waals surface area contributed by atoms with E-state index in [9.17, 15) is 9.59 Å². The van der Waals surface area contributed by atoms with E-state index in [0.717, 1.165) is 22.0 Å². The van der Waals surface area contributed by atoms with E-state index in [1.165, 1.54) is 0 Å². The molecule has 0 aliphatic carbocycles. The lowest BCUT2D eigenvalue weighted by Crippen LogP contribution is -2.39. The van der Waals surface area contributed by atoms with Gasteiger partial charge in [-0.2, -0.15) is 0 Å². The van der Waals surface area contributed by atoms with Crippen LogP contribution in [0, 0.1) is 6.92 Å². The molecular weight excluding hydrogens is 352 g/mol. The van der Waals surface area contributed by atoms with Gasteiger partial charge in [0, 0.05) is 18.7 Å². The first-order chi connectivity index (χ1) is 13.6. The fourth-order valence-electron chi connectivity index (χ4n) is 3.45. The second-order valence-corrected chi connectivity index (χ2v) is 7.11. The van der Waals surface area contributed by atoms with Gasteiger partial charge in [-0.25, -0.2) is 0 Å². The minimum atomic E-state index is -0.225. The molecule has 5 heteroatoms. The Morgan fingerprint density at radius 1 is 1.07 bits per heavy atom. The summed E-state index contributed by atoms with van der Waals surface area (Å²) < 4.78 is 5.63. The maximum Gasteiger partial charge on any atom is 0.258 e. The van der Waals surface area contributed by atoms with Crippen LogP contribution in [0.1, 0.15) is 12.0 Å². The second kappa shape index (κ2) is 7.72. The summed E-state index contributed by atoms with van der Waals surface area (Å²) in [4.78, 5) is 26.3. The van der Waals surface area contributed by atoms with Crippen LogP contribution in [-0.2, 0) is 9.59 Å². The zero-order chi connectivity index (χ0) is 19.5. The molecular formula is C23H22N2O3. The molecule has 1 heterocycles. The van der Waals surface area contributed by atoms with Gasteiger partial charge < -0.3 is 15.0 Å². The molecule has 28 heavy (non-hydrogen) atoms. The average molecular weight is 374 g/mol. The predicted octanol–water partition coefficient (Wildman–Crippen LogP) is 3.45. The van der Waals surface area contributed by atoms with Gasteiger partial charge in [-0.1, -0.05) is 48.0 Å². The Morgan fingerprint density at radius 2 is 1.82 bits per heavy atom. The number of rotatable bonds is 5. The number of hydrogen-bond donors (Lipinski definition) is 1. The minimum Gasteiger partial charge on any atom is -0.484 e. The topological polar surface area (TPSA) is 58.6 Å². The van der Waals surface area contributed by atoms with Gasteiger partial charge in [0.25, 0.3) is 5.91 Å². The number of amides is 2. The number of nitrogens with one attached hydrogen (secondary N) is 1. The van der Waals surface area contributed by atoms with Crippen molar-refractivity contribution in [1.29, 1.82) is 0 Å². The van der Waals surface area contributed by atoms with Crippen LogP contribution >= 0.6 is 0 Å². The summed E-state index contributed by atoms with van der Waals surface area (Å²) in [7, 11) is 0. The molecule has 3 aromatic carbocycles. The molecule has 5 nitrogen and oxygen atoms in total. The van der Waals surface area contributed by atoms with Crippen LogP contribution in [0.15, 0.2) is 66.7 Å². The van der Waals surface area contributed by atoms with Gasteiger partial charge in [0.2, 0.25) is 5.91 Å². The van der Waals surface area contributed by atoms with Gasteiger partial charge in [-0.15, -0.1) is 0 Å². The van der Waals surface area contributed by atoms with E-state index in [2.05, 4.69) is 5.32 Å². The number of carbonyl (C=O) groups is 2. The zero-order valence-electron chi connectivity index (χ0n) is 15.7. The highest BCUT2D eigenvalue weighted by molar-refractivity contribution is 5.97. The van der Waals surface area contributed by atoms with Crippen molar-refractivity contribution < 1.29 is 14.3 Å². The van der Waals surface area contributed by atoms with E-state index in [4.69, 9.17) is 4.74 Å². The molecule has 3 aromatic rings. The number of aryl methyl sites for hydroxylation is 1. The van der Waals surface area contributed by atoms with E-state index >= 15 is 0 Å². The lowest BCUT2D eigenvalue weighted by Gasteiger charge is -2.17. The first-order valence-electron chi connectivity index (χ1n) is 9.36. The van der Waals surface area contributed by atoms with Crippen molar-refractivity contribution in [2.45, 2.75) is 19.4 Å². The molecule has 0 bridgehead atoms. The largest absolute Gasteiger partial charge is 0.484 e. The van der Waals surface area contributed by atoms with Crippen molar-refractivity contribution in [3.63, 3.8) is 0 Å². The van der Waals surface area contributed by atoms with Crippen molar-refractivity contribution >= 4 is 28.3 Å². The molecule has 2 amide bonds. The summed E-state index contributed by atoms with van der Waals surface area (Å²) in [6.07, 6.45) is 0.301. The van der Waals surface area contributed by atoms with Crippen LogP contribution in [0.2, 0.25) is 0 Å². The quantitative estimate of drug-likeness (QED) is 0.744. The Kier molecular flexibility index (Phi) is 4.98. The van der Waals surface area contributed by atoms with E-state index in [-0.39, 0.29) is 24.5 Å². The predicted molar refractivity (Wildman–Crippen MR) is 110 cm³/mol. The molecule has 4 rings (SSSR count). The first kappa shape index (κ1) is 18.0. The molecule has 1 aliphatic heterocycles. The van der Waals surface area contributed by atoms with Gasteiger partial charge in [-0.05, 0) is 42.0 Å². The smallest absolute Gasteiger partial charge is 0.258 e. The highest BCUT2D eigenvalue weighted by Gasteiger charge is 2.31. The summed E-state index contributed by atoms with van der Waals surface area (Å²) in [6.45, 7) is 2.41. The Hall–Kier alpha value is -3.34. The Labute approximate surface area is 163 Å². The fourth-order valence-corrected chi connectivity index (χ4v) is 3.45. The van der Waals surface area contributed by atoms with Gasteiger partial charge in [0.05, 0.1) is 6.04 Å². The second-order valence-electron chi connectivity index (χ2n) is 7.11. The number of hydrogen-bond acceptors (Lipinski definition) is 3. The number of fused-ring (bicyclic) bond motifs is 1. The molecule has 1 aliphatic rings. The molecule has 1 N–H and O–H groups in total. The highest BCUT2D eigenvalue weighted by Crippen LogP contribution is 2.22. The van der Waals surface area contributed by atoms with Crippen LogP contribution in [0.5, 0.6) is 5.75 Å². The minimum absolute atomic E-state index is 0.0181. The third-order valence-electron chi connectivity index (χ3n) is 4.93. The van der Waals surface area contributed by atoms with Gasteiger partial charge in [0.15, 0.2) is 6.61 Å². The van der Waals surface area contributed by atoms with E-state index < -0.39 is 0 Å². The van der Waals surface area contributed by atoms with Crippen LogP contribution < -0.4 is 15.0 Å². The molecule has 0 spiro atoms. The van der Waals surface area contributed by atoms with Gasteiger partial charge >= 0.3 is 0 Å². The number of benzene rings is 3. The maximum absolute atomic E-state index is 12.3. The molecule has 1 saturated heterocycles. The Bertz CT molecular complexity index is 1010. The number of ether oxygens (including phenoxy) is 1. The number of anilines is 1. The van der Waals surface area contributed by atoms with Crippen LogP contribution in [0.25, 0.3) is 10.8 Å². The summed E-state index contributed by atoms with van der Waals surface area (Å²) in [5, 5.41) is 5.09. The monoisotopic (exact) mass is 374 g/mol. The van der Waals surface area contributed by atoms with Gasteiger partial charge in [-0.3, -0.25) is 9.59 Å². The van der Waals surface area contributed by atoms with Gasteiger partial charge in [0.1, 0.15) is 5.75 Å². The summed E-state index contributed by atoms with van der Waals surface area (Å²) in [5.41, 5.74) is 2.01. The normalized spacial score (nSPS) is 16.4. The summed E-state index contributed by atoms with van der Waals surface area (Å²) in [6, 6.07) is 21.3. The van der Waals surface area contributed by atoms with Crippen molar-refractivity contribution in [3.05, 3.63) is 72.3 Å². The van der Waals surface area contributed by atoms with Crippen molar-refractivity contribution in [3.8, 4) is 5.75 Å². The summed E-state index contributed by atoms with van der Waals surface area (Å²) in [5.74, 6) is 0.443. The number of carbonyl (C=O) groups excluding carboxylic acids is 2. The van der Waals surface area contributed by atoms with E-state index in [1.807, 2.05) is 73.7 Å². The van der Waals surface area contributed by atoms with E-state index in [1.54, 1.807) is 4.90 Å². The number of nitrogens with zero attached hydrogens (tertiary/aromatic N) is 1. The molecule has 0 saturated carbocycles. The standard InChI is InChI=1S/C23H22N2O3/c1-16-6-9-20(10-7-16)25-14-19(13-23(25)27)24-22(26)15-28-21-11-8-17-4-2-3-5-18(17)12-21/h2-12,19H,13-15H2,1H3,(H,24,26)/t19-/m0/s1. The van der Waals surface area contributed by atoms with Crippen LogP contribution in [-0.4, -0.2) is 31.0 Å². The molecule has 142 valence electrons.